The summed E-state index contributed by atoms with van der Waals surface area (Å²) < 4.78 is 0. The van der Waals surface area contributed by atoms with E-state index in [-0.39, 0.29) is 5.75 Å². The number of aromatic hydroxyl groups is 1. The summed E-state index contributed by atoms with van der Waals surface area (Å²) in [7, 11) is 0. The van der Waals surface area contributed by atoms with E-state index in [1.54, 1.807) is 18.3 Å². The van der Waals surface area contributed by atoms with Gasteiger partial charge in [-0.1, -0.05) is 35.4 Å². The van der Waals surface area contributed by atoms with E-state index >= 15 is 0 Å². The Hall–Kier alpha value is -2.61. The second-order valence-electron chi connectivity index (χ2n) is 5.32. The highest BCUT2D eigenvalue weighted by atomic mass is 16.3. The third-order valence-electron chi connectivity index (χ3n) is 3.48. The lowest BCUT2D eigenvalue weighted by Crippen LogP contribution is -1.89. The van der Waals surface area contributed by atoms with Crippen molar-refractivity contribution < 1.29 is 5.11 Å². The van der Waals surface area contributed by atoms with E-state index in [9.17, 15) is 5.11 Å². The molecule has 0 atom stereocenters. The first kappa shape index (κ1) is 13.4. The summed E-state index contributed by atoms with van der Waals surface area (Å²) >= 11 is 0. The third-order valence-corrected chi connectivity index (χ3v) is 3.48. The summed E-state index contributed by atoms with van der Waals surface area (Å²) in [4.78, 5) is 4.43. The van der Waals surface area contributed by atoms with E-state index in [0.29, 0.717) is 0 Å². The number of aryl methyl sites for hydroxylation is 2. The van der Waals surface area contributed by atoms with Crippen molar-refractivity contribution in [1.29, 1.82) is 0 Å². The van der Waals surface area contributed by atoms with Gasteiger partial charge in [-0.05, 0) is 55.3 Å². The lowest BCUT2D eigenvalue weighted by atomic mass is 9.94. The van der Waals surface area contributed by atoms with E-state index in [1.165, 1.54) is 11.1 Å². The Balaban J connectivity index is 2.24. The summed E-state index contributed by atoms with van der Waals surface area (Å²) in [5.41, 5.74) is 6.45. The van der Waals surface area contributed by atoms with Crippen molar-refractivity contribution in [1.82, 2.24) is 4.98 Å². The lowest BCUT2D eigenvalue weighted by molar-refractivity contribution is 0.475. The quantitative estimate of drug-likeness (QED) is 0.733. The molecule has 0 spiro atoms. The molecule has 0 aliphatic heterocycles. The van der Waals surface area contributed by atoms with Crippen LogP contribution in [0.2, 0.25) is 0 Å². The van der Waals surface area contributed by atoms with Gasteiger partial charge in [0.05, 0.1) is 5.69 Å². The topological polar surface area (TPSA) is 33.1 Å². The minimum Gasteiger partial charge on any atom is -0.508 e. The monoisotopic (exact) mass is 275 g/mol. The Morgan fingerprint density at radius 1 is 0.810 bits per heavy atom. The first-order valence-electron chi connectivity index (χ1n) is 6.96. The maximum absolute atomic E-state index is 9.86. The van der Waals surface area contributed by atoms with Gasteiger partial charge in [0.1, 0.15) is 5.75 Å². The Kier molecular flexibility index (Phi) is 3.44. The molecule has 104 valence electrons. The smallest absolute Gasteiger partial charge is 0.116 e. The van der Waals surface area contributed by atoms with Crippen LogP contribution in [0.15, 0.2) is 60.8 Å². The molecule has 0 saturated heterocycles. The zero-order valence-electron chi connectivity index (χ0n) is 12.2. The van der Waals surface area contributed by atoms with Crippen molar-refractivity contribution in [3.63, 3.8) is 0 Å². The highest BCUT2D eigenvalue weighted by Crippen LogP contribution is 2.34. The van der Waals surface area contributed by atoms with Gasteiger partial charge >= 0.3 is 0 Å². The fourth-order valence-corrected chi connectivity index (χ4v) is 2.65. The maximum Gasteiger partial charge on any atom is 0.116 e. The average molecular weight is 275 g/mol. The number of phenols is 1. The van der Waals surface area contributed by atoms with Gasteiger partial charge in [-0.2, -0.15) is 0 Å². The molecule has 0 aliphatic carbocycles. The van der Waals surface area contributed by atoms with Crippen LogP contribution in [0.1, 0.15) is 11.1 Å². The predicted molar refractivity (Wildman–Crippen MR) is 86.2 cm³/mol. The molecule has 0 saturated carbocycles. The van der Waals surface area contributed by atoms with Gasteiger partial charge in [0, 0.05) is 11.8 Å². The van der Waals surface area contributed by atoms with Gasteiger partial charge in [0.15, 0.2) is 0 Å². The standard InChI is InChI=1S/C19H17NO/c1-13-9-14(2)11-15(10-13)18-12-16(21)6-7-17(18)19-5-3-4-8-20-19/h3-12,21H,1-2H3. The Bertz CT molecular complexity index is 759. The molecular formula is C19H17NO. The van der Waals surface area contributed by atoms with Gasteiger partial charge in [0.25, 0.3) is 0 Å². The zero-order chi connectivity index (χ0) is 14.8. The summed E-state index contributed by atoms with van der Waals surface area (Å²) in [6.45, 7) is 4.17. The van der Waals surface area contributed by atoms with Crippen molar-refractivity contribution >= 4 is 0 Å². The Morgan fingerprint density at radius 3 is 2.24 bits per heavy atom. The van der Waals surface area contributed by atoms with E-state index in [2.05, 4.69) is 37.0 Å². The number of hydrogen-bond donors (Lipinski definition) is 1. The normalized spacial score (nSPS) is 10.6. The number of nitrogens with zero attached hydrogens (tertiary/aromatic N) is 1. The molecule has 0 radical (unpaired) electrons. The molecule has 2 heteroatoms. The van der Waals surface area contributed by atoms with Crippen molar-refractivity contribution in [3.05, 3.63) is 71.9 Å². The van der Waals surface area contributed by atoms with Crippen LogP contribution in [-0.4, -0.2) is 10.1 Å². The van der Waals surface area contributed by atoms with Crippen LogP contribution in [0.5, 0.6) is 5.75 Å². The van der Waals surface area contributed by atoms with Crippen LogP contribution < -0.4 is 0 Å². The van der Waals surface area contributed by atoms with Crippen LogP contribution in [0.25, 0.3) is 22.4 Å². The maximum atomic E-state index is 9.86. The molecule has 21 heavy (non-hydrogen) atoms. The number of benzene rings is 2. The number of pyridine rings is 1. The van der Waals surface area contributed by atoms with Crippen LogP contribution >= 0.6 is 0 Å². The van der Waals surface area contributed by atoms with Crippen LogP contribution in [0.4, 0.5) is 0 Å². The molecule has 1 N–H and O–H groups in total. The Morgan fingerprint density at radius 2 is 1.57 bits per heavy atom. The average Bonchev–Trinajstić information content (AvgIpc) is 2.47. The molecule has 0 bridgehead atoms. The second kappa shape index (κ2) is 5.41. The van der Waals surface area contributed by atoms with E-state index < -0.39 is 0 Å². The molecule has 2 nitrogen and oxygen atoms in total. The van der Waals surface area contributed by atoms with Gasteiger partial charge in [0.2, 0.25) is 0 Å². The molecule has 0 unspecified atom stereocenters. The molecule has 1 aromatic heterocycles. The summed E-state index contributed by atoms with van der Waals surface area (Å²) in [6.07, 6.45) is 1.79. The lowest BCUT2D eigenvalue weighted by Gasteiger charge is -2.12. The molecule has 2 aromatic carbocycles. The molecule has 3 aromatic rings. The fourth-order valence-electron chi connectivity index (χ4n) is 2.65. The molecule has 1 heterocycles. The summed E-state index contributed by atoms with van der Waals surface area (Å²) in [6, 6.07) is 17.7. The van der Waals surface area contributed by atoms with Gasteiger partial charge in [-0.3, -0.25) is 4.98 Å². The van der Waals surface area contributed by atoms with Crippen molar-refractivity contribution in [2.75, 3.05) is 0 Å². The Labute approximate surface area is 124 Å². The minimum absolute atomic E-state index is 0.267. The molecule has 3 rings (SSSR count). The van der Waals surface area contributed by atoms with E-state index in [4.69, 9.17) is 0 Å². The zero-order valence-corrected chi connectivity index (χ0v) is 12.2. The number of phenolic OH excluding ortho intramolecular Hbond substituents is 1. The molecule has 0 fully saturated rings. The number of aromatic nitrogens is 1. The van der Waals surface area contributed by atoms with Gasteiger partial charge in [-0.15, -0.1) is 0 Å². The van der Waals surface area contributed by atoms with Crippen molar-refractivity contribution in [2.45, 2.75) is 13.8 Å². The SMILES string of the molecule is Cc1cc(C)cc(-c2cc(O)ccc2-c2ccccn2)c1. The second-order valence-corrected chi connectivity index (χ2v) is 5.32. The van der Waals surface area contributed by atoms with E-state index in [0.717, 1.165) is 22.4 Å². The summed E-state index contributed by atoms with van der Waals surface area (Å²) in [5.74, 6) is 0.267. The highest BCUT2D eigenvalue weighted by Gasteiger charge is 2.10. The fraction of sp³-hybridized carbons (Fsp3) is 0.105. The minimum atomic E-state index is 0.267. The van der Waals surface area contributed by atoms with Gasteiger partial charge < -0.3 is 5.11 Å². The highest BCUT2D eigenvalue weighted by molar-refractivity contribution is 5.83. The van der Waals surface area contributed by atoms with Gasteiger partial charge in [-0.25, -0.2) is 0 Å². The number of rotatable bonds is 2. The third kappa shape index (κ3) is 2.79. The first-order valence-corrected chi connectivity index (χ1v) is 6.96. The number of hydrogen-bond acceptors (Lipinski definition) is 2. The van der Waals surface area contributed by atoms with E-state index in [1.807, 2.05) is 24.3 Å². The van der Waals surface area contributed by atoms with Crippen LogP contribution in [0, 0.1) is 13.8 Å². The molecule has 0 aliphatic rings. The van der Waals surface area contributed by atoms with Crippen molar-refractivity contribution in [3.8, 4) is 28.1 Å². The summed E-state index contributed by atoms with van der Waals surface area (Å²) in [5, 5.41) is 9.86. The first-order chi connectivity index (χ1) is 10.1. The predicted octanol–water partition coefficient (Wildman–Crippen LogP) is 4.74. The van der Waals surface area contributed by atoms with Crippen LogP contribution in [-0.2, 0) is 0 Å². The van der Waals surface area contributed by atoms with Crippen molar-refractivity contribution in [2.24, 2.45) is 0 Å². The largest absolute Gasteiger partial charge is 0.508 e. The molecular weight excluding hydrogens is 258 g/mol. The molecule has 0 amide bonds. The van der Waals surface area contributed by atoms with Crippen LogP contribution in [0.3, 0.4) is 0 Å².